The minimum absolute atomic E-state index is 0.0489. The van der Waals surface area contributed by atoms with Gasteiger partial charge in [0, 0.05) is 61.3 Å². The van der Waals surface area contributed by atoms with Gasteiger partial charge >= 0.3 is 6.18 Å². The number of benzene rings is 3. The number of alkyl halides is 3. The zero-order valence-electron chi connectivity index (χ0n) is 19.1. The van der Waals surface area contributed by atoms with E-state index in [0.717, 1.165) is 28.1 Å². The molecule has 5 rings (SSSR count). The molecule has 4 nitrogen and oxygen atoms in total. The third-order valence-corrected chi connectivity index (χ3v) is 6.75. The summed E-state index contributed by atoms with van der Waals surface area (Å²) in [6.45, 7) is 1.95. The summed E-state index contributed by atoms with van der Waals surface area (Å²) >= 11 is 0. The lowest BCUT2D eigenvalue weighted by atomic mass is 9.87. The third-order valence-electron chi connectivity index (χ3n) is 6.75. The van der Waals surface area contributed by atoms with Crippen LogP contribution in [0.1, 0.15) is 29.0 Å². The Kier molecular flexibility index (Phi) is 6.24. The number of nitrogens with zero attached hydrogens (tertiary/aromatic N) is 2. The van der Waals surface area contributed by atoms with Gasteiger partial charge in [0.05, 0.1) is 5.56 Å². The number of amides is 1. The molecular weight excluding hydrogens is 451 g/mol. The molecular formula is C28H26F3N3O. The molecule has 35 heavy (non-hydrogen) atoms. The Bertz CT molecular complexity index is 1310. The number of aromatic nitrogens is 1. The first-order chi connectivity index (χ1) is 16.9. The van der Waals surface area contributed by atoms with Gasteiger partial charge in [-0.3, -0.25) is 4.79 Å². The van der Waals surface area contributed by atoms with Crippen molar-refractivity contribution in [3.05, 3.63) is 102 Å². The van der Waals surface area contributed by atoms with Crippen LogP contribution < -0.4 is 4.90 Å². The van der Waals surface area contributed by atoms with E-state index in [2.05, 4.69) is 11.1 Å². The summed E-state index contributed by atoms with van der Waals surface area (Å²) in [4.78, 5) is 20.4. The maximum absolute atomic E-state index is 13.4. The number of fused-ring (bicyclic) bond motifs is 1. The van der Waals surface area contributed by atoms with Crippen LogP contribution in [0, 0.1) is 0 Å². The lowest BCUT2D eigenvalue weighted by molar-refractivity contribution is -0.137. The number of rotatable bonds is 5. The molecule has 0 saturated carbocycles. The molecule has 0 radical (unpaired) electrons. The Morgan fingerprint density at radius 3 is 2.34 bits per heavy atom. The van der Waals surface area contributed by atoms with E-state index in [9.17, 15) is 18.0 Å². The number of piperazine rings is 1. The predicted molar refractivity (Wildman–Crippen MR) is 131 cm³/mol. The molecule has 1 aromatic heterocycles. The Balaban J connectivity index is 1.31. The molecule has 1 N–H and O–H groups in total. The van der Waals surface area contributed by atoms with Gasteiger partial charge in [-0.15, -0.1) is 0 Å². The number of H-pyrrole nitrogens is 1. The highest BCUT2D eigenvalue weighted by Crippen LogP contribution is 2.35. The van der Waals surface area contributed by atoms with Gasteiger partial charge in [-0.25, -0.2) is 0 Å². The minimum atomic E-state index is -4.37. The largest absolute Gasteiger partial charge is 0.416 e. The second-order valence-corrected chi connectivity index (χ2v) is 8.87. The second kappa shape index (κ2) is 9.49. The van der Waals surface area contributed by atoms with Crippen molar-refractivity contribution < 1.29 is 18.0 Å². The van der Waals surface area contributed by atoms with Crippen LogP contribution in [-0.4, -0.2) is 42.0 Å². The monoisotopic (exact) mass is 477 g/mol. The summed E-state index contributed by atoms with van der Waals surface area (Å²) in [6.07, 6.45) is -2.06. The zero-order valence-corrected chi connectivity index (χ0v) is 19.1. The Hall–Kier alpha value is -3.74. The fourth-order valence-corrected chi connectivity index (χ4v) is 4.87. The molecule has 1 atom stereocenters. The summed E-state index contributed by atoms with van der Waals surface area (Å²) in [7, 11) is 0. The number of hydrogen-bond acceptors (Lipinski definition) is 2. The number of hydrogen-bond donors (Lipinski definition) is 1. The summed E-state index contributed by atoms with van der Waals surface area (Å²) < 4.78 is 39.3. The molecule has 180 valence electrons. The van der Waals surface area contributed by atoms with Crippen molar-refractivity contribution in [1.82, 2.24) is 9.88 Å². The van der Waals surface area contributed by atoms with Crippen LogP contribution >= 0.6 is 0 Å². The molecule has 1 aliphatic rings. The van der Waals surface area contributed by atoms with E-state index in [4.69, 9.17) is 0 Å². The lowest BCUT2D eigenvalue weighted by Crippen LogP contribution is -2.49. The van der Waals surface area contributed by atoms with Crippen LogP contribution in [0.4, 0.5) is 18.9 Å². The Morgan fingerprint density at radius 1 is 0.886 bits per heavy atom. The van der Waals surface area contributed by atoms with Crippen molar-refractivity contribution in [2.45, 2.75) is 18.5 Å². The highest BCUT2D eigenvalue weighted by atomic mass is 19.4. The van der Waals surface area contributed by atoms with Crippen LogP contribution in [0.25, 0.3) is 10.9 Å². The lowest BCUT2D eigenvalue weighted by Gasteiger charge is -2.37. The molecule has 3 aromatic carbocycles. The van der Waals surface area contributed by atoms with Crippen LogP contribution in [0.2, 0.25) is 0 Å². The molecule has 1 amide bonds. The predicted octanol–water partition coefficient (Wildman–Crippen LogP) is 6.06. The van der Waals surface area contributed by atoms with Gasteiger partial charge in [0.25, 0.3) is 0 Å². The van der Waals surface area contributed by atoms with Crippen molar-refractivity contribution in [2.24, 2.45) is 0 Å². The molecule has 4 aromatic rings. The summed E-state index contributed by atoms with van der Waals surface area (Å²) in [5.41, 5.74) is 3.08. The van der Waals surface area contributed by atoms with E-state index in [1.165, 1.54) is 12.1 Å². The summed E-state index contributed by atoms with van der Waals surface area (Å²) in [6, 6.07) is 23.5. The molecule has 0 spiro atoms. The van der Waals surface area contributed by atoms with Gasteiger partial charge in [-0.1, -0.05) is 54.6 Å². The highest BCUT2D eigenvalue weighted by molar-refractivity contribution is 5.86. The van der Waals surface area contributed by atoms with E-state index in [1.807, 2.05) is 64.5 Å². The highest BCUT2D eigenvalue weighted by Gasteiger charge is 2.31. The molecule has 7 heteroatoms. The van der Waals surface area contributed by atoms with E-state index in [1.54, 1.807) is 6.07 Å². The number of carbonyl (C=O) groups is 1. The van der Waals surface area contributed by atoms with Gasteiger partial charge < -0.3 is 14.8 Å². The molecule has 0 bridgehead atoms. The zero-order chi connectivity index (χ0) is 24.4. The summed E-state index contributed by atoms with van der Waals surface area (Å²) in [5.74, 6) is -0.0471. The fraction of sp³-hybridized carbons (Fsp3) is 0.250. The van der Waals surface area contributed by atoms with Crippen LogP contribution in [0.15, 0.2) is 85.1 Å². The van der Waals surface area contributed by atoms with Crippen LogP contribution in [0.3, 0.4) is 0 Å². The maximum Gasteiger partial charge on any atom is 0.416 e. The van der Waals surface area contributed by atoms with Gasteiger partial charge in [0.1, 0.15) is 0 Å². The SMILES string of the molecule is O=C(CC(c1ccccc1)c1c[nH]c2ccccc12)N1CCN(c2cccc(C(F)(F)F)c2)CC1. The average molecular weight is 478 g/mol. The van der Waals surface area contributed by atoms with E-state index >= 15 is 0 Å². The number of carbonyl (C=O) groups excluding carboxylic acids is 1. The van der Waals surface area contributed by atoms with Gasteiger partial charge in [-0.05, 0) is 35.4 Å². The molecule has 0 aliphatic carbocycles. The van der Waals surface area contributed by atoms with Crippen molar-refractivity contribution in [2.75, 3.05) is 31.1 Å². The first-order valence-corrected chi connectivity index (χ1v) is 11.7. The van der Waals surface area contributed by atoms with Gasteiger partial charge in [-0.2, -0.15) is 13.2 Å². The van der Waals surface area contributed by atoms with Crippen LogP contribution in [-0.2, 0) is 11.0 Å². The second-order valence-electron chi connectivity index (χ2n) is 8.87. The maximum atomic E-state index is 13.4. The molecule has 1 aliphatic heterocycles. The van der Waals surface area contributed by atoms with E-state index in [0.29, 0.717) is 38.3 Å². The quantitative estimate of drug-likeness (QED) is 0.380. The van der Waals surface area contributed by atoms with Crippen molar-refractivity contribution >= 4 is 22.5 Å². The fourth-order valence-electron chi connectivity index (χ4n) is 4.87. The number of nitrogens with one attached hydrogen (secondary N) is 1. The molecule has 1 saturated heterocycles. The third kappa shape index (κ3) is 4.90. The van der Waals surface area contributed by atoms with Crippen LogP contribution in [0.5, 0.6) is 0 Å². The number of anilines is 1. The Labute approximate surface area is 202 Å². The molecule has 1 fully saturated rings. The number of para-hydroxylation sites is 1. The first-order valence-electron chi connectivity index (χ1n) is 11.7. The van der Waals surface area contributed by atoms with Gasteiger partial charge in [0.15, 0.2) is 0 Å². The summed E-state index contributed by atoms with van der Waals surface area (Å²) in [5, 5.41) is 1.10. The van der Waals surface area contributed by atoms with Gasteiger partial charge in [0.2, 0.25) is 5.91 Å². The van der Waals surface area contributed by atoms with E-state index < -0.39 is 11.7 Å². The first kappa shape index (κ1) is 23.0. The minimum Gasteiger partial charge on any atom is -0.368 e. The molecule has 2 heterocycles. The average Bonchev–Trinajstić information content (AvgIpc) is 3.31. The van der Waals surface area contributed by atoms with Crippen molar-refractivity contribution in [3.63, 3.8) is 0 Å². The number of halogens is 3. The van der Waals surface area contributed by atoms with Crippen molar-refractivity contribution in [1.29, 1.82) is 0 Å². The topological polar surface area (TPSA) is 39.3 Å². The van der Waals surface area contributed by atoms with Crippen molar-refractivity contribution in [3.8, 4) is 0 Å². The van der Waals surface area contributed by atoms with E-state index in [-0.39, 0.29) is 11.8 Å². The normalized spacial score (nSPS) is 15.4. The standard InChI is InChI=1S/C28H26F3N3O/c29-28(30,31)21-9-6-10-22(17-21)33-13-15-34(16-14-33)27(35)18-24(20-7-2-1-3-8-20)25-19-32-26-12-5-4-11-23(25)26/h1-12,17,19,24,32H,13-16,18H2. The Morgan fingerprint density at radius 2 is 1.60 bits per heavy atom. The number of aromatic amines is 1. The smallest absolute Gasteiger partial charge is 0.368 e. The molecule has 1 unspecified atom stereocenters.